The molecule has 0 fully saturated rings. The number of nitrogens with zero attached hydrogens (tertiary/aromatic N) is 2. The van der Waals surface area contributed by atoms with Crippen molar-refractivity contribution < 1.29 is 5.11 Å². The first-order valence-electron chi connectivity index (χ1n) is 2.67. The van der Waals surface area contributed by atoms with Crippen LogP contribution in [0.3, 0.4) is 0 Å². The highest BCUT2D eigenvalue weighted by atomic mass is 16.3. The van der Waals surface area contributed by atoms with Crippen molar-refractivity contribution in [2.45, 2.75) is 12.5 Å². The monoisotopic (exact) mass is 126 g/mol. The number of hydrogen-bond acceptors (Lipinski definition) is 3. The van der Waals surface area contributed by atoms with E-state index in [2.05, 4.69) is 22.1 Å². The maximum absolute atomic E-state index is 9.01. The molecule has 0 saturated carbocycles. The summed E-state index contributed by atoms with van der Waals surface area (Å²) in [5.41, 5.74) is 0. The number of aliphatic hydroxyl groups excluding tert-OH is 1. The standard InChI is InChI=1S/C5H8N3O/c1-2-4(9)5-6-3-7-8-5/h3-4,9H,1-2H2,(H,6,7,8). The summed E-state index contributed by atoms with van der Waals surface area (Å²) in [6.45, 7) is 3.50. The van der Waals surface area contributed by atoms with Gasteiger partial charge in [-0.2, -0.15) is 5.10 Å². The summed E-state index contributed by atoms with van der Waals surface area (Å²) in [5, 5.41) is 15.2. The maximum atomic E-state index is 9.01. The van der Waals surface area contributed by atoms with Crippen LogP contribution in [0.5, 0.6) is 0 Å². The predicted molar refractivity (Wildman–Crippen MR) is 31.3 cm³/mol. The zero-order chi connectivity index (χ0) is 6.69. The summed E-state index contributed by atoms with van der Waals surface area (Å²) in [7, 11) is 0. The van der Waals surface area contributed by atoms with Crippen molar-refractivity contribution >= 4 is 0 Å². The van der Waals surface area contributed by atoms with E-state index < -0.39 is 6.10 Å². The van der Waals surface area contributed by atoms with E-state index in [1.54, 1.807) is 0 Å². The smallest absolute Gasteiger partial charge is 0.178 e. The summed E-state index contributed by atoms with van der Waals surface area (Å²) in [6, 6.07) is 0. The molecule has 0 aliphatic rings. The van der Waals surface area contributed by atoms with Crippen LogP contribution in [-0.2, 0) is 0 Å². The van der Waals surface area contributed by atoms with Gasteiger partial charge in [0.1, 0.15) is 12.4 Å². The molecule has 1 unspecified atom stereocenters. The van der Waals surface area contributed by atoms with Crippen LogP contribution in [0.2, 0.25) is 0 Å². The zero-order valence-electron chi connectivity index (χ0n) is 4.91. The largest absolute Gasteiger partial charge is 0.385 e. The van der Waals surface area contributed by atoms with Crippen LogP contribution in [0.1, 0.15) is 18.3 Å². The molecular formula is C5H8N3O. The Hall–Kier alpha value is -0.900. The van der Waals surface area contributed by atoms with Crippen molar-refractivity contribution in [1.82, 2.24) is 15.2 Å². The van der Waals surface area contributed by atoms with E-state index in [4.69, 9.17) is 5.11 Å². The molecular weight excluding hydrogens is 118 g/mol. The summed E-state index contributed by atoms with van der Waals surface area (Å²) in [4.78, 5) is 3.73. The highest BCUT2D eigenvalue weighted by molar-refractivity contribution is 4.85. The minimum atomic E-state index is -0.628. The van der Waals surface area contributed by atoms with E-state index in [-0.39, 0.29) is 0 Å². The second kappa shape index (κ2) is 2.59. The van der Waals surface area contributed by atoms with Crippen LogP contribution in [-0.4, -0.2) is 20.3 Å². The average Bonchev–Trinajstić information content (AvgIpc) is 2.37. The molecule has 1 heterocycles. The van der Waals surface area contributed by atoms with E-state index in [9.17, 15) is 0 Å². The Labute approximate surface area is 52.9 Å². The van der Waals surface area contributed by atoms with Crippen LogP contribution < -0.4 is 0 Å². The van der Waals surface area contributed by atoms with Crippen LogP contribution in [0.25, 0.3) is 0 Å². The normalized spacial score (nSPS) is 13.6. The lowest BCUT2D eigenvalue weighted by Gasteiger charge is -1.98. The number of aromatic nitrogens is 3. The van der Waals surface area contributed by atoms with Crippen molar-refractivity contribution in [2.24, 2.45) is 0 Å². The lowest BCUT2D eigenvalue weighted by molar-refractivity contribution is 0.171. The first-order valence-corrected chi connectivity index (χ1v) is 2.67. The molecule has 0 aliphatic heterocycles. The molecule has 0 aromatic carbocycles. The Morgan fingerprint density at radius 3 is 3.11 bits per heavy atom. The van der Waals surface area contributed by atoms with E-state index in [1.807, 2.05) is 0 Å². The fraction of sp³-hybridized carbons (Fsp3) is 0.400. The quantitative estimate of drug-likeness (QED) is 0.589. The van der Waals surface area contributed by atoms with Gasteiger partial charge in [-0.15, -0.1) is 0 Å². The fourth-order valence-corrected chi connectivity index (χ4v) is 0.509. The second-order valence-electron chi connectivity index (χ2n) is 1.66. The van der Waals surface area contributed by atoms with Crippen molar-refractivity contribution in [1.29, 1.82) is 0 Å². The van der Waals surface area contributed by atoms with Gasteiger partial charge in [0.05, 0.1) is 0 Å². The molecule has 1 atom stereocenters. The Balaban J connectivity index is 2.65. The molecule has 4 heteroatoms. The molecule has 4 nitrogen and oxygen atoms in total. The van der Waals surface area contributed by atoms with E-state index in [0.29, 0.717) is 12.2 Å². The first-order chi connectivity index (χ1) is 4.34. The third-order valence-corrected chi connectivity index (χ3v) is 1.01. The van der Waals surface area contributed by atoms with Crippen molar-refractivity contribution in [2.75, 3.05) is 0 Å². The molecule has 9 heavy (non-hydrogen) atoms. The summed E-state index contributed by atoms with van der Waals surface area (Å²) in [5.74, 6) is 0.407. The number of nitrogens with one attached hydrogen (secondary N) is 1. The first kappa shape index (κ1) is 6.22. The number of rotatable bonds is 2. The molecule has 1 aromatic heterocycles. The third-order valence-electron chi connectivity index (χ3n) is 1.01. The molecule has 2 N–H and O–H groups in total. The number of H-pyrrole nitrogens is 1. The van der Waals surface area contributed by atoms with E-state index >= 15 is 0 Å². The van der Waals surface area contributed by atoms with Gasteiger partial charge in [-0.05, 0) is 6.42 Å². The molecule has 0 aliphatic carbocycles. The topological polar surface area (TPSA) is 61.8 Å². The number of aromatic amines is 1. The Bertz CT molecular complexity index is 161. The predicted octanol–water partition coefficient (Wildman–Crippen LogP) is 0.0623. The van der Waals surface area contributed by atoms with Gasteiger partial charge in [0.15, 0.2) is 5.82 Å². The zero-order valence-corrected chi connectivity index (χ0v) is 4.91. The van der Waals surface area contributed by atoms with Crippen molar-refractivity contribution in [3.8, 4) is 0 Å². The molecule has 1 aromatic rings. The molecule has 1 rings (SSSR count). The second-order valence-corrected chi connectivity index (χ2v) is 1.66. The van der Waals surface area contributed by atoms with Gasteiger partial charge in [0.2, 0.25) is 0 Å². The van der Waals surface area contributed by atoms with Crippen LogP contribution >= 0.6 is 0 Å². The average molecular weight is 126 g/mol. The third kappa shape index (κ3) is 1.26. The minimum absolute atomic E-state index is 0.401. The summed E-state index contributed by atoms with van der Waals surface area (Å²) in [6.07, 6.45) is 1.20. The highest BCUT2D eigenvalue weighted by Gasteiger charge is 2.06. The molecule has 0 spiro atoms. The molecule has 0 saturated heterocycles. The highest BCUT2D eigenvalue weighted by Crippen LogP contribution is 2.07. The maximum Gasteiger partial charge on any atom is 0.178 e. The lowest BCUT2D eigenvalue weighted by Crippen LogP contribution is -1.97. The number of hydrogen-bond donors (Lipinski definition) is 2. The van der Waals surface area contributed by atoms with Gasteiger partial charge >= 0.3 is 0 Å². The van der Waals surface area contributed by atoms with E-state index in [0.717, 1.165) is 0 Å². The van der Waals surface area contributed by atoms with Gasteiger partial charge in [-0.3, -0.25) is 5.10 Å². The number of aliphatic hydroxyl groups is 1. The fourth-order valence-electron chi connectivity index (χ4n) is 0.509. The molecule has 0 bridgehead atoms. The van der Waals surface area contributed by atoms with Gasteiger partial charge in [0, 0.05) is 0 Å². The van der Waals surface area contributed by atoms with Crippen molar-refractivity contribution in [3.05, 3.63) is 19.1 Å². The lowest BCUT2D eigenvalue weighted by atomic mass is 10.3. The van der Waals surface area contributed by atoms with Crippen LogP contribution in [0.15, 0.2) is 6.33 Å². The SMILES string of the molecule is [CH2]CC(O)c1nc[nH]n1. The van der Waals surface area contributed by atoms with Gasteiger partial charge < -0.3 is 5.11 Å². The minimum Gasteiger partial charge on any atom is -0.385 e. The van der Waals surface area contributed by atoms with Gasteiger partial charge in [-0.25, -0.2) is 4.98 Å². The summed E-state index contributed by atoms with van der Waals surface area (Å²) >= 11 is 0. The Morgan fingerprint density at radius 1 is 1.89 bits per heavy atom. The summed E-state index contributed by atoms with van der Waals surface area (Å²) < 4.78 is 0. The van der Waals surface area contributed by atoms with Crippen molar-refractivity contribution in [3.63, 3.8) is 0 Å². The Kier molecular flexibility index (Phi) is 1.79. The molecule has 0 amide bonds. The molecule has 49 valence electrons. The van der Waals surface area contributed by atoms with Gasteiger partial charge in [-0.1, -0.05) is 6.92 Å². The van der Waals surface area contributed by atoms with Crippen LogP contribution in [0, 0.1) is 6.92 Å². The Morgan fingerprint density at radius 2 is 2.67 bits per heavy atom. The van der Waals surface area contributed by atoms with E-state index in [1.165, 1.54) is 6.33 Å². The molecule has 1 radical (unpaired) electrons. The van der Waals surface area contributed by atoms with Crippen LogP contribution in [0.4, 0.5) is 0 Å². The van der Waals surface area contributed by atoms with Gasteiger partial charge in [0.25, 0.3) is 0 Å².